The van der Waals surface area contributed by atoms with E-state index in [0.717, 1.165) is 13.1 Å². The van der Waals surface area contributed by atoms with E-state index in [0.29, 0.717) is 0 Å². The second-order valence-corrected chi connectivity index (χ2v) is 7.46. The van der Waals surface area contributed by atoms with Crippen molar-refractivity contribution in [3.8, 4) is 0 Å². The molecular weight excluding hydrogens is 253 g/mol. The van der Waals surface area contributed by atoms with Gasteiger partial charge < -0.3 is 11.0 Å². The van der Waals surface area contributed by atoms with E-state index in [4.69, 9.17) is 5.11 Å². The van der Waals surface area contributed by atoms with Gasteiger partial charge in [-0.05, 0) is 0 Å². The molecule has 1 radical (unpaired) electrons. The van der Waals surface area contributed by atoms with Gasteiger partial charge >= 0.3 is 65.0 Å². The van der Waals surface area contributed by atoms with Crippen LogP contribution in [0.4, 0.5) is 0 Å². The van der Waals surface area contributed by atoms with Gasteiger partial charge in [0.2, 0.25) is 0 Å². The molecule has 11 heavy (non-hydrogen) atoms. The van der Waals surface area contributed by atoms with Crippen LogP contribution in [0.1, 0.15) is 0 Å². The van der Waals surface area contributed by atoms with Crippen LogP contribution in [0.3, 0.4) is 0 Å². The summed E-state index contributed by atoms with van der Waals surface area (Å²) in [6.45, 7) is 1.79. The van der Waals surface area contributed by atoms with E-state index in [2.05, 4.69) is 5.32 Å². The van der Waals surface area contributed by atoms with E-state index in [-0.39, 0.29) is 14.6 Å². The average molecular weight is 266 g/mol. The summed E-state index contributed by atoms with van der Waals surface area (Å²) in [6.07, 6.45) is 0. The van der Waals surface area contributed by atoms with Crippen molar-refractivity contribution in [2.75, 3.05) is 13.1 Å². The van der Waals surface area contributed by atoms with Crippen LogP contribution in [-0.4, -0.2) is 58.0 Å². The molecule has 0 bridgehead atoms. The van der Waals surface area contributed by atoms with Crippen molar-refractivity contribution in [2.24, 2.45) is 0 Å². The number of aliphatic carboxylic acids is 1. The van der Waals surface area contributed by atoms with Gasteiger partial charge in [0.05, 0.1) is 0 Å². The third-order valence-corrected chi connectivity index (χ3v) is 6.34. The van der Waals surface area contributed by atoms with Gasteiger partial charge in [0.25, 0.3) is 0 Å². The zero-order chi connectivity index (χ0) is 6.69. The molecule has 6 heteroatoms. The molecule has 65 valence electrons. The number of carbonyl (C=O) groups is 1. The zero-order valence-corrected chi connectivity index (χ0v) is 9.43. The van der Waals surface area contributed by atoms with Gasteiger partial charge in [0.15, 0.2) is 0 Å². The number of hydrogen-bond donors (Lipinski definition) is 2. The summed E-state index contributed by atoms with van der Waals surface area (Å²) < 4.78 is 1.24. The predicted molar refractivity (Wildman–Crippen MR) is 42.0 cm³/mol. The second kappa shape index (κ2) is 6.90. The summed E-state index contributed by atoms with van der Waals surface area (Å²) in [5.41, 5.74) is 0. The molecule has 0 aliphatic carbocycles. The first kappa shape index (κ1) is 13.8. The molecule has 1 unspecified atom stereocenters. The third kappa shape index (κ3) is 4.62. The Labute approximate surface area is 76.1 Å². The monoisotopic (exact) mass is 266 g/mol. The zero-order valence-electron chi connectivity index (χ0n) is 6.13. The van der Waals surface area contributed by atoms with Crippen LogP contribution >= 0.6 is 0 Å². The van der Waals surface area contributed by atoms with E-state index in [9.17, 15) is 4.79 Å². The van der Waals surface area contributed by atoms with Crippen molar-refractivity contribution < 1.29 is 20.9 Å². The number of nitrogens with one attached hydrogen (secondary N) is 1. The van der Waals surface area contributed by atoms with E-state index < -0.39 is 28.9 Å². The normalized spacial score (nSPS) is 22.0. The summed E-state index contributed by atoms with van der Waals surface area (Å²) in [5.74, 6) is -0.580. The molecule has 1 atom stereocenters. The quantitative estimate of drug-likeness (QED) is 0.568. The molecule has 1 rings (SSSR count). The van der Waals surface area contributed by atoms with Gasteiger partial charge in [-0.3, -0.25) is 0 Å². The van der Waals surface area contributed by atoms with Crippen LogP contribution in [0, 0.1) is 0 Å². The van der Waals surface area contributed by atoms with Gasteiger partial charge in [0, 0.05) is 0 Å². The molecule has 1 heterocycles. The SMILES string of the molecule is O.O.O=C(O)[CH]1CNC[CH2][In]1. The van der Waals surface area contributed by atoms with Crippen LogP contribution in [0.2, 0.25) is 7.85 Å². The second-order valence-electron chi connectivity index (χ2n) is 2.17. The first-order chi connectivity index (χ1) is 4.30. The standard InChI is InChI=1S/C5H9NO2.In.2H2O/c1-2-6-4-3-5(7)8;;;/h3,6H,1-2,4H2,(H,7,8);;2*1H2. The summed E-state index contributed by atoms with van der Waals surface area (Å²) in [4.78, 5) is 10.4. The Bertz CT molecular complexity index is 115. The average Bonchev–Trinajstić information content (AvgIpc) is 1.90. The molecule has 0 spiro atoms. The fraction of sp³-hybridized carbons (Fsp3) is 0.800. The molecular formula is C5H13InNO4. The third-order valence-electron chi connectivity index (χ3n) is 1.45. The van der Waals surface area contributed by atoms with Crippen molar-refractivity contribution in [3.05, 3.63) is 0 Å². The molecule has 1 aliphatic heterocycles. The number of carboxylic acid groups (broad SMARTS) is 1. The van der Waals surface area contributed by atoms with Crippen LogP contribution < -0.4 is 5.32 Å². The van der Waals surface area contributed by atoms with Crippen molar-refractivity contribution in [2.45, 2.75) is 7.85 Å². The van der Waals surface area contributed by atoms with Gasteiger partial charge in [-0.25, -0.2) is 0 Å². The van der Waals surface area contributed by atoms with Crippen LogP contribution in [0.5, 0.6) is 0 Å². The molecule has 5 nitrogen and oxygen atoms in total. The first-order valence-corrected chi connectivity index (χ1v) is 7.31. The molecule has 0 aromatic heterocycles. The Morgan fingerprint density at radius 3 is 2.45 bits per heavy atom. The number of rotatable bonds is 1. The Hall–Kier alpha value is 0.220. The van der Waals surface area contributed by atoms with Gasteiger partial charge in [-0.2, -0.15) is 0 Å². The molecule has 1 saturated heterocycles. The number of hydrogen-bond acceptors (Lipinski definition) is 2. The molecule has 1 fully saturated rings. The van der Waals surface area contributed by atoms with Gasteiger partial charge in [-0.15, -0.1) is 0 Å². The molecule has 0 aromatic rings. The number of carboxylic acids is 1. The Kier molecular flexibility index (Phi) is 8.65. The Morgan fingerprint density at radius 2 is 2.18 bits per heavy atom. The molecule has 6 N–H and O–H groups in total. The molecule has 1 aliphatic rings. The van der Waals surface area contributed by atoms with Crippen molar-refractivity contribution in [1.82, 2.24) is 5.32 Å². The van der Waals surface area contributed by atoms with Crippen molar-refractivity contribution in [3.63, 3.8) is 0 Å². The van der Waals surface area contributed by atoms with E-state index in [1.54, 1.807) is 0 Å². The van der Waals surface area contributed by atoms with E-state index in [1.165, 1.54) is 4.18 Å². The van der Waals surface area contributed by atoms with E-state index in [1.807, 2.05) is 0 Å². The van der Waals surface area contributed by atoms with Crippen LogP contribution in [0.15, 0.2) is 0 Å². The fourth-order valence-corrected chi connectivity index (χ4v) is 4.65. The summed E-state index contributed by atoms with van der Waals surface area (Å²) >= 11 is -0.700. The van der Waals surface area contributed by atoms with Crippen molar-refractivity contribution in [1.29, 1.82) is 0 Å². The Balaban J connectivity index is 0. The van der Waals surface area contributed by atoms with Gasteiger partial charge in [-0.1, -0.05) is 0 Å². The molecule has 0 aromatic carbocycles. The fourth-order valence-electron chi connectivity index (χ4n) is 0.916. The topological polar surface area (TPSA) is 112 Å². The predicted octanol–water partition coefficient (Wildman–Crippen LogP) is -2.06. The van der Waals surface area contributed by atoms with Gasteiger partial charge in [0.1, 0.15) is 0 Å². The summed E-state index contributed by atoms with van der Waals surface area (Å²) in [6, 6.07) is 0. The summed E-state index contributed by atoms with van der Waals surface area (Å²) in [7, 11) is 0. The first-order valence-electron chi connectivity index (χ1n) is 3.07. The van der Waals surface area contributed by atoms with Crippen LogP contribution in [0.25, 0.3) is 0 Å². The van der Waals surface area contributed by atoms with Crippen molar-refractivity contribution >= 4 is 28.9 Å². The van der Waals surface area contributed by atoms with E-state index >= 15 is 0 Å². The minimum absolute atomic E-state index is 0. The van der Waals surface area contributed by atoms with Crippen LogP contribution in [-0.2, 0) is 4.79 Å². The molecule has 0 saturated carbocycles. The minimum atomic E-state index is -0.700. The maximum absolute atomic E-state index is 10.4. The maximum atomic E-state index is 10.4. The Morgan fingerprint density at radius 1 is 1.55 bits per heavy atom. The molecule has 0 amide bonds. The summed E-state index contributed by atoms with van der Waals surface area (Å²) in [5, 5.41) is 11.6.